The third kappa shape index (κ3) is 4.60. The number of aliphatic imine (C=N–C) groups is 2. The van der Waals surface area contributed by atoms with Crippen LogP contribution in [-0.4, -0.2) is 23.3 Å². The molecule has 4 aromatic rings. The van der Waals surface area contributed by atoms with Gasteiger partial charge in [-0.25, -0.2) is 4.99 Å². The fourth-order valence-electron chi connectivity index (χ4n) is 4.44. The van der Waals surface area contributed by atoms with Crippen LogP contribution in [0.15, 0.2) is 119 Å². The quantitative estimate of drug-likeness (QED) is 0.321. The highest BCUT2D eigenvalue weighted by molar-refractivity contribution is 8.14. The van der Waals surface area contributed by atoms with Crippen LogP contribution in [0.1, 0.15) is 34.3 Å². The lowest BCUT2D eigenvalue weighted by Crippen LogP contribution is -2.07. The number of anilines is 2. The Bertz CT molecular complexity index is 1280. The van der Waals surface area contributed by atoms with Gasteiger partial charge in [-0.1, -0.05) is 91.0 Å². The Morgan fingerprint density at radius 1 is 0.629 bits per heavy atom. The summed E-state index contributed by atoms with van der Waals surface area (Å²) in [6, 6.07) is 37.6. The summed E-state index contributed by atoms with van der Waals surface area (Å²) in [7, 11) is 0. The van der Waals surface area contributed by atoms with Gasteiger partial charge in [-0.3, -0.25) is 4.99 Å². The van der Waals surface area contributed by atoms with E-state index >= 15 is 0 Å². The second kappa shape index (κ2) is 9.80. The molecule has 5 heteroatoms. The molecular formula is C30H25N3OS. The number of nitrogens with zero attached hydrogens (tertiary/aromatic N) is 2. The van der Waals surface area contributed by atoms with Gasteiger partial charge in [0.25, 0.3) is 0 Å². The molecule has 35 heavy (non-hydrogen) atoms. The van der Waals surface area contributed by atoms with Crippen molar-refractivity contribution in [3.63, 3.8) is 0 Å². The fraction of sp³-hybridized carbons (Fsp3) is 0.133. The average molecular weight is 476 g/mol. The maximum Gasteiger partial charge on any atom is 0.219 e. The molecular weight excluding hydrogens is 450 g/mol. The van der Waals surface area contributed by atoms with Gasteiger partial charge < -0.3 is 10.1 Å². The normalized spacial score (nSPS) is 19.1. The molecule has 1 N–H and O–H groups in total. The first-order chi connectivity index (χ1) is 17.3. The van der Waals surface area contributed by atoms with Gasteiger partial charge in [-0.2, -0.15) is 0 Å². The summed E-state index contributed by atoms with van der Waals surface area (Å²) in [4.78, 5) is 9.97. The van der Waals surface area contributed by atoms with Gasteiger partial charge in [0, 0.05) is 17.0 Å². The van der Waals surface area contributed by atoms with E-state index in [0.717, 1.165) is 33.3 Å². The third-order valence-corrected chi connectivity index (χ3v) is 7.34. The SMILES string of the molecule is c1ccc([C@H]2COC(c3ccccc3Nc3ccccc3C3=N[C@@H](c4ccccc4)CS3)=N2)cc1. The van der Waals surface area contributed by atoms with Crippen LogP contribution >= 0.6 is 11.8 Å². The Labute approximate surface area is 209 Å². The van der Waals surface area contributed by atoms with Crippen LogP contribution in [0, 0.1) is 0 Å². The van der Waals surface area contributed by atoms with E-state index < -0.39 is 0 Å². The maximum absolute atomic E-state index is 6.06. The molecule has 2 aliphatic heterocycles. The summed E-state index contributed by atoms with van der Waals surface area (Å²) in [5.74, 6) is 1.63. The van der Waals surface area contributed by atoms with E-state index in [9.17, 15) is 0 Å². The molecule has 2 heterocycles. The molecule has 2 atom stereocenters. The average Bonchev–Trinajstić information content (AvgIpc) is 3.61. The van der Waals surface area contributed by atoms with E-state index in [1.54, 1.807) is 0 Å². The van der Waals surface area contributed by atoms with Gasteiger partial charge in [-0.15, -0.1) is 11.8 Å². The molecule has 0 radical (unpaired) electrons. The summed E-state index contributed by atoms with van der Waals surface area (Å²) < 4.78 is 6.06. The number of rotatable bonds is 6. The number of thioether (sulfide) groups is 1. The number of hydrogen-bond acceptors (Lipinski definition) is 5. The second-order valence-electron chi connectivity index (χ2n) is 8.56. The predicted molar refractivity (Wildman–Crippen MR) is 146 cm³/mol. The minimum Gasteiger partial charge on any atom is -0.475 e. The molecule has 0 aromatic heterocycles. The minimum absolute atomic E-state index is 0.0192. The number of para-hydroxylation sites is 2. The smallest absolute Gasteiger partial charge is 0.219 e. The van der Waals surface area contributed by atoms with Crippen molar-refractivity contribution in [2.24, 2.45) is 9.98 Å². The first-order valence-corrected chi connectivity index (χ1v) is 12.8. The lowest BCUT2D eigenvalue weighted by atomic mass is 10.1. The van der Waals surface area contributed by atoms with Crippen molar-refractivity contribution in [1.82, 2.24) is 0 Å². The van der Waals surface area contributed by atoms with E-state index in [-0.39, 0.29) is 12.1 Å². The number of ether oxygens (including phenoxy) is 1. The Kier molecular flexibility index (Phi) is 6.07. The summed E-state index contributed by atoms with van der Waals surface area (Å²) in [5.41, 5.74) is 6.50. The van der Waals surface area contributed by atoms with Crippen molar-refractivity contribution in [2.45, 2.75) is 12.1 Å². The highest BCUT2D eigenvalue weighted by atomic mass is 32.2. The molecule has 4 aromatic carbocycles. The van der Waals surface area contributed by atoms with Crippen molar-refractivity contribution in [3.8, 4) is 0 Å². The first kappa shape index (κ1) is 21.7. The lowest BCUT2D eigenvalue weighted by molar-refractivity contribution is 0.320. The Hall–Kier alpha value is -3.83. The molecule has 0 aliphatic carbocycles. The lowest BCUT2D eigenvalue weighted by Gasteiger charge is -2.15. The Morgan fingerprint density at radius 2 is 1.20 bits per heavy atom. The van der Waals surface area contributed by atoms with Gasteiger partial charge in [0.2, 0.25) is 5.90 Å². The Balaban J connectivity index is 1.29. The minimum atomic E-state index is 0.0192. The standard InChI is InChI=1S/C30H25N3OS/c1-3-11-21(12-4-1)27-19-34-29(32-27)23-15-7-9-17-25(23)31-26-18-10-8-16-24(26)30-33-28(20-35-30)22-13-5-2-6-14-22/h1-18,27-28,31H,19-20H2/t27-,28-/m1/s1. The molecule has 0 fully saturated rings. The molecule has 172 valence electrons. The highest BCUT2D eigenvalue weighted by Gasteiger charge is 2.25. The van der Waals surface area contributed by atoms with Gasteiger partial charge in [0.05, 0.1) is 17.3 Å². The molecule has 2 aliphatic rings. The second-order valence-corrected chi connectivity index (χ2v) is 9.57. The number of nitrogens with one attached hydrogen (secondary N) is 1. The van der Waals surface area contributed by atoms with Gasteiger partial charge in [-0.05, 0) is 29.3 Å². The summed E-state index contributed by atoms with van der Waals surface area (Å²) in [6.45, 7) is 0.554. The Morgan fingerprint density at radius 3 is 1.91 bits per heavy atom. The van der Waals surface area contributed by atoms with Crippen molar-refractivity contribution in [2.75, 3.05) is 17.7 Å². The van der Waals surface area contributed by atoms with E-state index in [2.05, 4.69) is 78.1 Å². The molecule has 0 spiro atoms. The van der Waals surface area contributed by atoms with Crippen LogP contribution in [0.3, 0.4) is 0 Å². The monoisotopic (exact) mass is 475 g/mol. The van der Waals surface area contributed by atoms with Gasteiger partial charge in [0.1, 0.15) is 17.7 Å². The maximum atomic E-state index is 6.06. The van der Waals surface area contributed by atoms with Crippen molar-refractivity contribution >= 4 is 34.1 Å². The van der Waals surface area contributed by atoms with Crippen LogP contribution in [0.5, 0.6) is 0 Å². The zero-order valence-corrected chi connectivity index (χ0v) is 20.0. The zero-order valence-electron chi connectivity index (χ0n) is 19.2. The number of hydrogen-bond donors (Lipinski definition) is 1. The van der Waals surface area contributed by atoms with E-state index in [4.69, 9.17) is 14.7 Å². The van der Waals surface area contributed by atoms with Crippen LogP contribution in [-0.2, 0) is 4.74 Å². The van der Waals surface area contributed by atoms with Gasteiger partial charge >= 0.3 is 0 Å². The summed E-state index contributed by atoms with van der Waals surface area (Å²) in [5, 5.41) is 4.72. The van der Waals surface area contributed by atoms with Crippen LogP contribution in [0.4, 0.5) is 11.4 Å². The van der Waals surface area contributed by atoms with Crippen LogP contribution < -0.4 is 5.32 Å². The van der Waals surface area contributed by atoms with Crippen molar-refractivity contribution < 1.29 is 4.74 Å². The summed E-state index contributed by atoms with van der Waals surface area (Å²) in [6.07, 6.45) is 0. The molecule has 0 unspecified atom stereocenters. The van der Waals surface area contributed by atoms with Crippen LogP contribution in [0.2, 0.25) is 0 Å². The molecule has 0 amide bonds. The number of benzene rings is 4. The first-order valence-electron chi connectivity index (χ1n) is 11.8. The van der Waals surface area contributed by atoms with E-state index in [1.165, 1.54) is 11.1 Å². The van der Waals surface area contributed by atoms with Gasteiger partial charge in [0.15, 0.2) is 0 Å². The van der Waals surface area contributed by atoms with E-state index in [1.807, 2.05) is 48.2 Å². The molecule has 4 nitrogen and oxygen atoms in total. The third-order valence-electron chi connectivity index (χ3n) is 6.26. The topological polar surface area (TPSA) is 46.0 Å². The van der Waals surface area contributed by atoms with Crippen LogP contribution in [0.25, 0.3) is 0 Å². The van der Waals surface area contributed by atoms with Crippen molar-refractivity contribution in [1.29, 1.82) is 0 Å². The molecule has 0 saturated heterocycles. The fourth-order valence-corrected chi connectivity index (χ4v) is 5.55. The predicted octanol–water partition coefficient (Wildman–Crippen LogP) is 7.18. The largest absolute Gasteiger partial charge is 0.475 e. The summed E-state index contributed by atoms with van der Waals surface area (Å²) >= 11 is 1.81. The molecule has 6 rings (SSSR count). The van der Waals surface area contributed by atoms with Crippen molar-refractivity contribution in [3.05, 3.63) is 131 Å². The highest BCUT2D eigenvalue weighted by Crippen LogP contribution is 2.36. The molecule has 0 bridgehead atoms. The zero-order chi connectivity index (χ0) is 23.5. The van der Waals surface area contributed by atoms with E-state index in [0.29, 0.717) is 12.5 Å². The molecule has 0 saturated carbocycles.